The van der Waals surface area contributed by atoms with Crippen LogP contribution in [-0.2, 0) is 22.4 Å². The van der Waals surface area contributed by atoms with Crippen molar-refractivity contribution in [1.29, 1.82) is 0 Å². The van der Waals surface area contributed by atoms with Crippen LogP contribution in [0.15, 0.2) is 24.8 Å². The van der Waals surface area contributed by atoms with Crippen LogP contribution in [0.25, 0.3) is 5.57 Å². The number of methoxy groups -OCH3 is 1. The Kier molecular flexibility index (Phi) is 2.58. The first-order valence-electron chi connectivity index (χ1n) is 5.12. The van der Waals surface area contributed by atoms with Gasteiger partial charge in [-0.2, -0.15) is 0 Å². The Morgan fingerprint density at radius 2 is 2.20 bits per heavy atom. The molecule has 0 aromatic heterocycles. The molecule has 15 heavy (non-hydrogen) atoms. The standard InChI is InChI=1S/C13H14O2/c1-9(13(14)15-2)11-7-3-5-10-6-4-8-12(10)11/h3,5,7H,1,4,6,8H2,2H3. The van der Waals surface area contributed by atoms with Crippen molar-refractivity contribution < 1.29 is 9.53 Å². The molecule has 0 radical (unpaired) electrons. The van der Waals surface area contributed by atoms with Gasteiger partial charge in [0.05, 0.1) is 12.7 Å². The fourth-order valence-corrected chi connectivity index (χ4v) is 2.14. The first kappa shape index (κ1) is 9.97. The molecule has 0 heterocycles. The van der Waals surface area contributed by atoms with E-state index in [0.717, 1.165) is 18.4 Å². The highest BCUT2D eigenvalue weighted by Crippen LogP contribution is 2.29. The van der Waals surface area contributed by atoms with Crippen molar-refractivity contribution in [1.82, 2.24) is 0 Å². The van der Waals surface area contributed by atoms with Crippen LogP contribution >= 0.6 is 0 Å². The van der Waals surface area contributed by atoms with Gasteiger partial charge in [0, 0.05) is 0 Å². The van der Waals surface area contributed by atoms with Crippen molar-refractivity contribution >= 4 is 11.5 Å². The second-order valence-electron chi connectivity index (χ2n) is 3.77. The van der Waals surface area contributed by atoms with Gasteiger partial charge < -0.3 is 4.74 Å². The molecule has 0 spiro atoms. The van der Waals surface area contributed by atoms with E-state index in [0.29, 0.717) is 5.57 Å². The highest BCUT2D eigenvalue weighted by atomic mass is 16.5. The molecule has 0 unspecified atom stereocenters. The van der Waals surface area contributed by atoms with Crippen LogP contribution in [0.4, 0.5) is 0 Å². The van der Waals surface area contributed by atoms with Crippen molar-refractivity contribution in [2.24, 2.45) is 0 Å². The maximum absolute atomic E-state index is 11.4. The normalized spacial score (nSPS) is 13.4. The van der Waals surface area contributed by atoms with Gasteiger partial charge in [-0.1, -0.05) is 24.8 Å². The minimum absolute atomic E-state index is 0.338. The van der Waals surface area contributed by atoms with Gasteiger partial charge in [-0.15, -0.1) is 0 Å². The quantitative estimate of drug-likeness (QED) is 0.543. The fraction of sp³-hybridized carbons (Fsp3) is 0.308. The van der Waals surface area contributed by atoms with E-state index in [-0.39, 0.29) is 5.97 Å². The Labute approximate surface area is 89.6 Å². The molecule has 1 aromatic rings. The maximum atomic E-state index is 11.4. The van der Waals surface area contributed by atoms with Crippen LogP contribution in [0, 0.1) is 0 Å². The highest BCUT2D eigenvalue weighted by Gasteiger charge is 2.19. The zero-order chi connectivity index (χ0) is 10.8. The summed E-state index contributed by atoms with van der Waals surface area (Å²) < 4.78 is 4.69. The molecule has 1 aromatic carbocycles. The molecule has 2 rings (SSSR count). The number of hydrogen-bond donors (Lipinski definition) is 0. The van der Waals surface area contributed by atoms with Crippen LogP contribution in [0.3, 0.4) is 0 Å². The molecule has 0 atom stereocenters. The lowest BCUT2D eigenvalue weighted by Crippen LogP contribution is -2.04. The van der Waals surface area contributed by atoms with Crippen LogP contribution in [-0.4, -0.2) is 13.1 Å². The van der Waals surface area contributed by atoms with Crippen LogP contribution in [0.2, 0.25) is 0 Å². The lowest BCUT2D eigenvalue weighted by atomic mass is 9.98. The number of aryl methyl sites for hydroxylation is 1. The van der Waals surface area contributed by atoms with Crippen molar-refractivity contribution in [2.75, 3.05) is 7.11 Å². The molecule has 2 nitrogen and oxygen atoms in total. The lowest BCUT2D eigenvalue weighted by molar-refractivity contribution is -0.133. The monoisotopic (exact) mass is 202 g/mol. The molecule has 0 fully saturated rings. The van der Waals surface area contributed by atoms with Crippen LogP contribution in [0.5, 0.6) is 0 Å². The van der Waals surface area contributed by atoms with Gasteiger partial charge in [-0.05, 0) is 36.0 Å². The van der Waals surface area contributed by atoms with Crippen LogP contribution < -0.4 is 0 Å². The number of hydrogen-bond acceptors (Lipinski definition) is 2. The number of ether oxygens (including phenoxy) is 1. The van der Waals surface area contributed by atoms with Crippen molar-refractivity contribution in [3.05, 3.63) is 41.5 Å². The minimum atomic E-state index is -0.338. The third-order valence-electron chi connectivity index (χ3n) is 2.90. The third kappa shape index (κ3) is 1.67. The summed E-state index contributed by atoms with van der Waals surface area (Å²) in [6.45, 7) is 3.80. The van der Waals surface area contributed by atoms with Gasteiger partial charge in [0.25, 0.3) is 0 Å². The van der Waals surface area contributed by atoms with Gasteiger partial charge in [-0.3, -0.25) is 0 Å². The first-order valence-corrected chi connectivity index (χ1v) is 5.12. The number of carbonyl (C=O) groups excluding carboxylic acids is 1. The Morgan fingerprint density at radius 1 is 1.40 bits per heavy atom. The van der Waals surface area contributed by atoms with E-state index in [1.807, 2.05) is 12.1 Å². The predicted octanol–water partition coefficient (Wildman–Crippen LogP) is 2.36. The summed E-state index contributed by atoms with van der Waals surface area (Å²) in [6.07, 6.45) is 3.32. The average molecular weight is 202 g/mol. The minimum Gasteiger partial charge on any atom is -0.465 e. The van der Waals surface area contributed by atoms with Crippen molar-refractivity contribution in [3.63, 3.8) is 0 Å². The Balaban J connectivity index is 2.41. The molecule has 0 bridgehead atoms. The molecule has 0 saturated heterocycles. The number of benzene rings is 1. The maximum Gasteiger partial charge on any atom is 0.337 e. The van der Waals surface area contributed by atoms with E-state index in [1.165, 1.54) is 24.7 Å². The number of rotatable bonds is 2. The first-order chi connectivity index (χ1) is 7.24. The van der Waals surface area contributed by atoms with E-state index in [4.69, 9.17) is 0 Å². The van der Waals surface area contributed by atoms with Gasteiger partial charge in [0.15, 0.2) is 0 Å². The lowest BCUT2D eigenvalue weighted by Gasteiger charge is -2.09. The van der Waals surface area contributed by atoms with Gasteiger partial charge in [0.1, 0.15) is 0 Å². The summed E-state index contributed by atoms with van der Waals surface area (Å²) in [5, 5.41) is 0. The SMILES string of the molecule is C=C(C(=O)OC)c1cccc2c1CCC2. The summed E-state index contributed by atoms with van der Waals surface area (Å²) in [5.41, 5.74) is 4.04. The van der Waals surface area contributed by atoms with Gasteiger partial charge >= 0.3 is 5.97 Å². The van der Waals surface area contributed by atoms with E-state index in [2.05, 4.69) is 17.4 Å². The second-order valence-corrected chi connectivity index (χ2v) is 3.77. The van der Waals surface area contributed by atoms with E-state index in [1.54, 1.807) is 0 Å². The van der Waals surface area contributed by atoms with Gasteiger partial charge in [-0.25, -0.2) is 4.79 Å². The molecular formula is C13H14O2. The molecule has 0 N–H and O–H groups in total. The summed E-state index contributed by atoms with van der Waals surface area (Å²) >= 11 is 0. The van der Waals surface area contributed by atoms with Crippen molar-refractivity contribution in [2.45, 2.75) is 19.3 Å². The summed E-state index contributed by atoms with van der Waals surface area (Å²) in [6, 6.07) is 6.05. The van der Waals surface area contributed by atoms with E-state index in [9.17, 15) is 4.79 Å². The molecule has 1 aliphatic carbocycles. The van der Waals surface area contributed by atoms with Crippen LogP contribution in [0.1, 0.15) is 23.1 Å². The Bertz CT molecular complexity index is 419. The summed E-state index contributed by atoms with van der Waals surface area (Å²) in [4.78, 5) is 11.4. The summed E-state index contributed by atoms with van der Waals surface area (Å²) in [5.74, 6) is -0.338. The molecule has 0 amide bonds. The zero-order valence-corrected chi connectivity index (χ0v) is 8.88. The highest BCUT2D eigenvalue weighted by molar-refractivity contribution is 6.16. The Morgan fingerprint density at radius 3 is 2.93 bits per heavy atom. The second kappa shape index (κ2) is 3.89. The number of carbonyl (C=O) groups is 1. The summed E-state index contributed by atoms with van der Waals surface area (Å²) in [7, 11) is 1.39. The number of esters is 1. The molecular weight excluding hydrogens is 188 g/mol. The predicted molar refractivity (Wildman–Crippen MR) is 59.5 cm³/mol. The Hall–Kier alpha value is -1.57. The largest absolute Gasteiger partial charge is 0.465 e. The van der Waals surface area contributed by atoms with Crippen molar-refractivity contribution in [3.8, 4) is 0 Å². The van der Waals surface area contributed by atoms with E-state index < -0.39 is 0 Å². The van der Waals surface area contributed by atoms with Gasteiger partial charge in [0.2, 0.25) is 0 Å². The topological polar surface area (TPSA) is 26.3 Å². The average Bonchev–Trinajstić information content (AvgIpc) is 2.74. The zero-order valence-electron chi connectivity index (χ0n) is 8.88. The molecule has 1 aliphatic rings. The van der Waals surface area contributed by atoms with E-state index >= 15 is 0 Å². The third-order valence-corrected chi connectivity index (χ3v) is 2.90. The smallest absolute Gasteiger partial charge is 0.337 e. The fourth-order valence-electron chi connectivity index (χ4n) is 2.14. The molecule has 0 saturated carbocycles. The molecule has 2 heteroatoms. The molecule has 0 aliphatic heterocycles. The number of fused-ring (bicyclic) bond motifs is 1. The molecule has 78 valence electrons.